The second kappa shape index (κ2) is 16.8. The predicted molar refractivity (Wildman–Crippen MR) is 210 cm³/mol. The Labute approximate surface area is 348 Å². The van der Waals surface area contributed by atoms with Crippen LogP contribution in [0.4, 0.5) is 0 Å². The van der Waals surface area contributed by atoms with Gasteiger partial charge in [0.25, 0.3) is 0 Å². The largest absolute Gasteiger partial charge is 0.455 e. The molecule has 2 aromatic rings. The van der Waals surface area contributed by atoms with Crippen molar-refractivity contribution >= 4 is 35.6 Å². The van der Waals surface area contributed by atoms with Crippen molar-refractivity contribution in [1.82, 2.24) is 0 Å². The fourth-order valence-corrected chi connectivity index (χ4v) is 9.86. The third-order valence-electron chi connectivity index (χ3n) is 13.3. The van der Waals surface area contributed by atoms with Gasteiger partial charge in [0, 0.05) is 37.5 Å². The van der Waals surface area contributed by atoms with Crippen molar-refractivity contribution in [2.45, 2.75) is 128 Å². The van der Waals surface area contributed by atoms with Gasteiger partial charge in [-0.15, -0.1) is 0 Å². The maximum absolute atomic E-state index is 15.0. The minimum atomic E-state index is -2.35. The van der Waals surface area contributed by atoms with Crippen LogP contribution in [-0.2, 0) is 52.4 Å². The fourth-order valence-electron chi connectivity index (χ4n) is 9.86. The number of esters is 5. The minimum absolute atomic E-state index is 0.0484. The number of hydrogen-bond donors (Lipinski definition) is 3. The molecule has 3 fully saturated rings. The van der Waals surface area contributed by atoms with Gasteiger partial charge in [-0.2, -0.15) is 0 Å². The van der Waals surface area contributed by atoms with Gasteiger partial charge in [0.2, 0.25) is 6.10 Å². The lowest BCUT2D eigenvalue weighted by molar-refractivity contribution is -0.346. The Bertz CT molecular complexity index is 2030. The zero-order chi connectivity index (χ0) is 43.9. The van der Waals surface area contributed by atoms with Gasteiger partial charge in [-0.1, -0.05) is 76.2 Å². The molecule has 2 saturated carbocycles. The number of aliphatic hydroxyl groups is 3. The van der Waals surface area contributed by atoms with Crippen molar-refractivity contribution < 1.29 is 72.5 Å². The van der Waals surface area contributed by atoms with Gasteiger partial charge in [-0.25, -0.2) is 14.4 Å². The van der Waals surface area contributed by atoms with Crippen LogP contribution in [-0.4, -0.2) is 112 Å². The SMILES string of the molecule is CCCC(=O)OCC(=O)O[C@@H](C(=O)O[C@H]1CC2(O)C(OC(=O)c3ccccc3)[C@@H]3[C@]4(OC(C)=O)CO[C@@H]4C[C@H](O)[C@@]3(C)C(=O)[C@H](O)C(=C1C)C2(C)C)[C@@H](C)c1ccccc1. The topological polar surface area (TPSA) is 218 Å². The number of hydrogen-bond acceptors (Lipinski definition) is 15. The number of aliphatic hydroxyl groups excluding tert-OH is 2. The van der Waals surface area contributed by atoms with Gasteiger partial charge in [0.1, 0.15) is 30.0 Å². The summed E-state index contributed by atoms with van der Waals surface area (Å²) in [6, 6.07) is 16.5. The number of fused-ring (bicyclic) bond motifs is 5. The van der Waals surface area contributed by atoms with Crippen LogP contribution in [0.25, 0.3) is 0 Å². The van der Waals surface area contributed by atoms with E-state index in [2.05, 4.69) is 0 Å². The Morgan fingerprint density at radius 1 is 0.933 bits per heavy atom. The standard InChI is InChI=1S/C45H54O15/c1-8-15-32(48)55-22-33(49)58-36(24(2)27-16-11-9-12-17-27)41(53)57-29-21-45(54)39(59-40(52)28-18-13-10-14-19-28)37-43(7,38(51)35(50)34(25(29)3)42(45,5)6)30(47)20-31-44(37,23-56-31)60-26(4)46/h9-14,16-19,24,29-31,35-37,39,47,50,54H,8,15,20-23H2,1-7H3/t24-,29-,30-,31+,35+,36+,37-,39?,43+,44-,45?/m0/s1. The van der Waals surface area contributed by atoms with E-state index in [1.807, 2.05) is 0 Å². The first-order valence-corrected chi connectivity index (χ1v) is 20.3. The molecular formula is C45H54O15. The van der Waals surface area contributed by atoms with Gasteiger partial charge in [0.15, 0.2) is 18.0 Å². The van der Waals surface area contributed by atoms with Crippen molar-refractivity contribution in [2.24, 2.45) is 16.7 Å². The van der Waals surface area contributed by atoms with Crippen LogP contribution < -0.4 is 0 Å². The number of carbonyl (C=O) groups is 6. The lowest BCUT2D eigenvalue weighted by atomic mass is 9.44. The lowest BCUT2D eigenvalue weighted by Gasteiger charge is -2.67. The maximum Gasteiger partial charge on any atom is 0.348 e. The van der Waals surface area contributed by atoms with E-state index in [0.29, 0.717) is 12.0 Å². The fraction of sp³-hybridized carbons (Fsp3) is 0.556. The first-order chi connectivity index (χ1) is 28.2. The molecule has 0 radical (unpaired) electrons. The molecule has 3 N–H and O–H groups in total. The molecular weight excluding hydrogens is 780 g/mol. The minimum Gasteiger partial charge on any atom is -0.455 e. The third kappa shape index (κ3) is 7.54. The number of ketones is 1. The summed E-state index contributed by atoms with van der Waals surface area (Å²) in [5, 5.41) is 37.6. The molecule has 15 nitrogen and oxygen atoms in total. The Kier molecular flexibility index (Phi) is 12.5. The van der Waals surface area contributed by atoms with Crippen LogP contribution in [0.3, 0.4) is 0 Å². The van der Waals surface area contributed by atoms with Crippen molar-refractivity contribution in [3.63, 3.8) is 0 Å². The average Bonchev–Trinajstić information content (AvgIpc) is 3.20. The number of rotatable bonds is 12. The van der Waals surface area contributed by atoms with Crippen LogP contribution in [0.2, 0.25) is 0 Å². The molecule has 60 heavy (non-hydrogen) atoms. The molecule has 3 aliphatic carbocycles. The van der Waals surface area contributed by atoms with Crippen LogP contribution in [0.5, 0.6) is 0 Å². The van der Waals surface area contributed by atoms with Gasteiger partial charge < -0.3 is 43.7 Å². The van der Waals surface area contributed by atoms with Crippen LogP contribution in [0.15, 0.2) is 71.8 Å². The molecule has 1 saturated heterocycles. The highest BCUT2D eigenvalue weighted by molar-refractivity contribution is 5.94. The predicted octanol–water partition coefficient (Wildman–Crippen LogP) is 3.69. The summed E-state index contributed by atoms with van der Waals surface area (Å²) in [6.45, 7) is 9.53. The Hall–Kier alpha value is -4.96. The zero-order valence-corrected chi connectivity index (χ0v) is 34.9. The van der Waals surface area contributed by atoms with Gasteiger partial charge in [-0.3, -0.25) is 14.4 Å². The van der Waals surface area contributed by atoms with E-state index in [1.165, 1.54) is 26.0 Å². The normalized spacial score (nSPS) is 32.6. The summed E-state index contributed by atoms with van der Waals surface area (Å²) in [7, 11) is 0. The average molecular weight is 835 g/mol. The van der Waals surface area contributed by atoms with Crippen molar-refractivity contribution in [3.05, 3.63) is 82.9 Å². The summed E-state index contributed by atoms with van der Waals surface area (Å²) < 4.78 is 35.0. The Morgan fingerprint density at radius 3 is 2.15 bits per heavy atom. The highest BCUT2D eigenvalue weighted by Crippen LogP contribution is 2.64. The lowest BCUT2D eigenvalue weighted by Crippen LogP contribution is -2.81. The second-order valence-electron chi connectivity index (χ2n) is 17.1. The molecule has 0 amide bonds. The smallest absolute Gasteiger partial charge is 0.348 e. The van der Waals surface area contributed by atoms with Crippen LogP contribution >= 0.6 is 0 Å². The molecule has 15 heteroatoms. The van der Waals surface area contributed by atoms with E-state index >= 15 is 4.79 Å². The van der Waals surface area contributed by atoms with Gasteiger partial charge in [0.05, 0.1) is 29.6 Å². The zero-order valence-electron chi connectivity index (χ0n) is 34.9. The van der Waals surface area contributed by atoms with E-state index in [9.17, 15) is 39.3 Å². The molecule has 0 spiro atoms. The Balaban J connectivity index is 1.48. The first kappa shape index (κ1) is 44.6. The second-order valence-corrected chi connectivity index (χ2v) is 17.1. The Morgan fingerprint density at radius 2 is 1.57 bits per heavy atom. The molecule has 6 rings (SSSR count). The van der Waals surface area contributed by atoms with E-state index in [1.54, 1.807) is 76.2 Å². The molecule has 324 valence electrons. The van der Waals surface area contributed by atoms with Crippen molar-refractivity contribution in [1.29, 1.82) is 0 Å². The van der Waals surface area contributed by atoms with Crippen molar-refractivity contribution in [3.8, 4) is 0 Å². The quantitative estimate of drug-likeness (QED) is 0.158. The third-order valence-corrected chi connectivity index (χ3v) is 13.3. The molecule has 0 aromatic heterocycles. The van der Waals surface area contributed by atoms with E-state index < -0.39 is 119 Å². The summed E-state index contributed by atoms with van der Waals surface area (Å²) in [4.78, 5) is 81.7. The molecule has 1 heterocycles. The van der Waals surface area contributed by atoms with Crippen LogP contribution in [0, 0.1) is 16.7 Å². The van der Waals surface area contributed by atoms with E-state index in [4.69, 9.17) is 28.4 Å². The summed E-state index contributed by atoms with van der Waals surface area (Å²) in [5.41, 5.74) is -6.91. The number of benzene rings is 2. The highest BCUT2D eigenvalue weighted by Gasteiger charge is 2.78. The molecule has 1 aliphatic heterocycles. The molecule has 2 bridgehead atoms. The number of Topliss-reactive ketones (excluding diaryl/α,β-unsaturated/α-hetero) is 1. The first-order valence-electron chi connectivity index (χ1n) is 20.3. The summed E-state index contributed by atoms with van der Waals surface area (Å²) >= 11 is 0. The van der Waals surface area contributed by atoms with E-state index in [-0.39, 0.29) is 36.2 Å². The number of carbonyl (C=O) groups excluding carboxylic acids is 6. The van der Waals surface area contributed by atoms with Crippen molar-refractivity contribution in [2.75, 3.05) is 13.2 Å². The molecule has 4 aliphatic rings. The van der Waals surface area contributed by atoms with E-state index in [0.717, 1.165) is 6.92 Å². The summed E-state index contributed by atoms with van der Waals surface area (Å²) in [5.74, 6) is -7.64. The molecule has 2 unspecified atom stereocenters. The monoisotopic (exact) mass is 834 g/mol. The van der Waals surface area contributed by atoms with Gasteiger partial charge in [-0.05, 0) is 49.1 Å². The van der Waals surface area contributed by atoms with Crippen LogP contribution in [0.1, 0.15) is 96.0 Å². The number of ether oxygens (including phenoxy) is 6. The maximum atomic E-state index is 15.0. The van der Waals surface area contributed by atoms with Gasteiger partial charge >= 0.3 is 29.8 Å². The molecule has 11 atom stereocenters. The summed E-state index contributed by atoms with van der Waals surface area (Å²) in [6.07, 6.45) is -9.52. The highest BCUT2D eigenvalue weighted by atomic mass is 16.6. The molecule has 2 aromatic carbocycles.